The van der Waals surface area contributed by atoms with Crippen LogP contribution in [0.15, 0.2) is 18.2 Å². The van der Waals surface area contributed by atoms with Crippen LogP contribution < -0.4 is 9.47 Å². The van der Waals surface area contributed by atoms with Crippen molar-refractivity contribution in [2.75, 3.05) is 26.2 Å². The Morgan fingerprint density at radius 3 is 2.16 bits per heavy atom. The SMILES string of the molecule is Cc1c(OC(C)N2CCCC2)cccc1O[C@H](C)C(=O)N1CCCC1. The zero-order chi connectivity index (χ0) is 17.8. The van der Waals surface area contributed by atoms with E-state index in [9.17, 15) is 4.79 Å². The summed E-state index contributed by atoms with van der Waals surface area (Å²) in [5.74, 6) is 1.64. The molecule has 0 bridgehead atoms. The summed E-state index contributed by atoms with van der Waals surface area (Å²) < 4.78 is 12.1. The number of amides is 1. The number of benzene rings is 1. The van der Waals surface area contributed by atoms with Crippen LogP contribution >= 0.6 is 0 Å². The lowest BCUT2D eigenvalue weighted by molar-refractivity contribution is -0.136. The molecule has 0 radical (unpaired) electrons. The highest BCUT2D eigenvalue weighted by Crippen LogP contribution is 2.30. The van der Waals surface area contributed by atoms with Gasteiger partial charge in [-0.2, -0.15) is 0 Å². The maximum atomic E-state index is 12.5. The molecule has 2 saturated heterocycles. The first-order valence-corrected chi connectivity index (χ1v) is 9.52. The van der Waals surface area contributed by atoms with Crippen molar-refractivity contribution < 1.29 is 14.3 Å². The summed E-state index contributed by atoms with van der Waals surface area (Å²) in [6.07, 6.45) is 4.26. The summed E-state index contributed by atoms with van der Waals surface area (Å²) in [5, 5.41) is 0. The second-order valence-corrected chi connectivity index (χ2v) is 7.13. The van der Waals surface area contributed by atoms with E-state index in [2.05, 4.69) is 11.8 Å². The second-order valence-electron chi connectivity index (χ2n) is 7.13. The molecule has 1 unspecified atom stereocenters. The number of carbonyl (C=O) groups is 1. The molecule has 2 heterocycles. The zero-order valence-corrected chi connectivity index (χ0v) is 15.7. The summed E-state index contributed by atoms with van der Waals surface area (Å²) in [5.41, 5.74) is 0.953. The van der Waals surface area contributed by atoms with Gasteiger partial charge in [0.1, 0.15) is 17.7 Å². The lowest BCUT2D eigenvalue weighted by atomic mass is 10.2. The van der Waals surface area contributed by atoms with E-state index in [4.69, 9.17) is 9.47 Å². The van der Waals surface area contributed by atoms with Gasteiger partial charge in [-0.15, -0.1) is 0 Å². The van der Waals surface area contributed by atoms with E-state index in [-0.39, 0.29) is 12.1 Å². The summed E-state index contributed by atoms with van der Waals surface area (Å²) in [6, 6.07) is 5.82. The molecule has 1 aromatic rings. The number of rotatable bonds is 6. The van der Waals surface area contributed by atoms with Gasteiger partial charge in [-0.1, -0.05) is 6.07 Å². The van der Waals surface area contributed by atoms with Crippen molar-refractivity contribution in [3.05, 3.63) is 23.8 Å². The van der Waals surface area contributed by atoms with Crippen LogP contribution in [0.4, 0.5) is 0 Å². The highest BCUT2D eigenvalue weighted by atomic mass is 16.5. The van der Waals surface area contributed by atoms with E-state index in [0.717, 1.165) is 56.1 Å². The molecular formula is C20H30N2O3. The van der Waals surface area contributed by atoms with Gasteiger partial charge in [0.2, 0.25) is 0 Å². The van der Waals surface area contributed by atoms with Gasteiger partial charge < -0.3 is 14.4 Å². The van der Waals surface area contributed by atoms with E-state index in [0.29, 0.717) is 0 Å². The second kappa shape index (κ2) is 8.09. The fraction of sp³-hybridized carbons (Fsp3) is 0.650. The predicted molar refractivity (Wildman–Crippen MR) is 98.0 cm³/mol. The standard InChI is InChI=1S/C20H30N2O3/c1-15-18(24-16(2)20(23)22-13-6-7-14-22)9-8-10-19(15)25-17(3)21-11-4-5-12-21/h8-10,16-17H,4-7,11-14H2,1-3H3/t16-,17?/m1/s1. The van der Waals surface area contributed by atoms with Gasteiger partial charge in [-0.3, -0.25) is 9.69 Å². The van der Waals surface area contributed by atoms with Gasteiger partial charge >= 0.3 is 0 Å². The van der Waals surface area contributed by atoms with Gasteiger partial charge in [-0.05, 0) is 58.6 Å². The Balaban J connectivity index is 1.64. The number of nitrogens with zero attached hydrogens (tertiary/aromatic N) is 2. The Kier molecular flexibility index (Phi) is 5.84. The molecule has 3 rings (SSSR count). The molecule has 0 aliphatic carbocycles. The molecule has 2 fully saturated rings. The molecule has 5 heteroatoms. The van der Waals surface area contributed by atoms with Gasteiger partial charge in [0, 0.05) is 31.7 Å². The molecule has 5 nitrogen and oxygen atoms in total. The topological polar surface area (TPSA) is 42.0 Å². The van der Waals surface area contributed by atoms with Crippen LogP contribution in [0.5, 0.6) is 11.5 Å². The smallest absolute Gasteiger partial charge is 0.263 e. The van der Waals surface area contributed by atoms with Crippen LogP contribution in [0.2, 0.25) is 0 Å². The van der Waals surface area contributed by atoms with Crippen molar-refractivity contribution in [1.29, 1.82) is 0 Å². The Morgan fingerprint density at radius 1 is 0.960 bits per heavy atom. The van der Waals surface area contributed by atoms with E-state index >= 15 is 0 Å². The Labute approximate surface area is 150 Å². The fourth-order valence-electron chi connectivity index (χ4n) is 3.65. The minimum atomic E-state index is -0.469. The number of likely N-dealkylation sites (tertiary alicyclic amines) is 2. The molecule has 2 atom stereocenters. The van der Waals surface area contributed by atoms with Crippen molar-refractivity contribution >= 4 is 5.91 Å². The molecule has 0 saturated carbocycles. The summed E-state index contributed by atoms with van der Waals surface area (Å²) >= 11 is 0. The molecule has 0 N–H and O–H groups in total. The largest absolute Gasteiger partial charge is 0.480 e. The highest BCUT2D eigenvalue weighted by molar-refractivity contribution is 5.81. The minimum absolute atomic E-state index is 0.0557. The van der Waals surface area contributed by atoms with Crippen molar-refractivity contribution in [3.8, 4) is 11.5 Å². The van der Waals surface area contributed by atoms with Crippen molar-refractivity contribution in [3.63, 3.8) is 0 Å². The Hall–Kier alpha value is -1.75. The number of carbonyl (C=O) groups excluding carboxylic acids is 1. The molecule has 25 heavy (non-hydrogen) atoms. The van der Waals surface area contributed by atoms with E-state index in [1.54, 1.807) is 0 Å². The van der Waals surface area contributed by atoms with Gasteiger partial charge in [0.25, 0.3) is 5.91 Å². The third kappa shape index (κ3) is 4.27. The molecule has 2 aliphatic heterocycles. The van der Waals surface area contributed by atoms with Crippen LogP contribution in [0.3, 0.4) is 0 Å². The maximum absolute atomic E-state index is 12.5. The Bertz CT molecular complexity index is 593. The summed E-state index contributed by atoms with van der Waals surface area (Å²) in [7, 11) is 0. The van der Waals surface area contributed by atoms with Gasteiger partial charge in [0.05, 0.1) is 0 Å². The van der Waals surface area contributed by atoms with Crippen molar-refractivity contribution in [2.45, 2.75) is 58.8 Å². The minimum Gasteiger partial charge on any atom is -0.480 e. The lowest BCUT2D eigenvalue weighted by Gasteiger charge is -2.26. The molecule has 0 spiro atoms. The lowest BCUT2D eigenvalue weighted by Crippen LogP contribution is -2.38. The number of hydrogen-bond donors (Lipinski definition) is 0. The van der Waals surface area contributed by atoms with Crippen LogP contribution in [0.25, 0.3) is 0 Å². The van der Waals surface area contributed by atoms with E-state index < -0.39 is 6.10 Å². The zero-order valence-electron chi connectivity index (χ0n) is 15.7. The Morgan fingerprint density at radius 2 is 1.52 bits per heavy atom. The molecule has 1 amide bonds. The molecule has 1 aromatic carbocycles. The normalized spacial score (nSPS) is 20.5. The predicted octanol–water partition coefficient (Wildman–Crippen LogP) is 3.21. The van der Waals surface area contributed by atoms with Crippen molar-refractivity contribution in [2.24, 2.45) is 0 Å². The quantitative estimate of drug-likeness (QED) is 0.793. The van der Waals surface area contributed by atoms with Crippen LogP contribution in [0, 0.1) is 6.92 Å². The third-order valence-corrected chi connectivity index (χ3v) is 5.26. The van der Waals surface area contributed by atoms with Gasteiger partial charge in [0.15, 0.2) is 6.10 Å². The molecule has 2 aliphatic rings. The summed E-state index contributed by atoms with van der Waals surface area (Å²) in [4.78, 5) is 16.7. The van der Waals surface area contributed by atoms with Crippen LogP contribution in [0.1, 0.15) is 45.1 Å². The van der Waals surface area contributed by atoms with Crippen LogP contribution in [-0.4, -0.2) is 54.2 Å². The van der Waals surface area contributed by atoms with E-state index in [1.165, 1.54) is 12.8 Å². The maximum Gasteiger partial charge on any atom is 0.263 e. The fourth-order valence-corrected chi connectivity index (χ4v) is 3.65. The average Bonchev–Trinajstić information content (AvgIpc) is 3.31. The van der Waals surface area contributed by atoms with Gasteiger partial charge in [-0.25, -0.2) is 0 Å². The molecular weight excluding hydrogens is 316 g/mol. The van der Waals surface area contributed by atoms with Crippen molar-refractivity contribution in [1.82, 2.24) is 9.80 Å². The first-order chi connectivity index (χ1) is 12.1. The molecule has 138 valence electrons. The first-order valence-electron chi connectivity index (χ1n) is 9.52. The van der Waals surface area contributed by atoms with Crippen LogP contribution in [-0.2, 0) is 4.79 Å². The summed E-state index contributed by atoms with van der Waals surface area (Å²) in [6.45, 7) is 9.81. The monoisotopic (exact) mass is 346 g/mol. The number of ether oxygens (including phenoxy) is 2. The van der Waals surface area contributed by atoms with E-state index in [1.807, 2.05) is 36.9 Å². The number of hydrogen-bond acceptors (Lipinski definition) is 4. The average molecular weight is 346 g/mol. The third-order valence-electron chi connectivity index (χ3n) is 5.26. The first kappa shape index (κ1) is 18.1. The molecule has 0 aromatic heterocycles. The highest BCUT2D eigenvalue weighted by Gasteiger charge is 2.25.